The van der Waals surface area contributed by atoms with Crippen molar-refractivity contribution in [2.45, 2.75) is 5.75 Å². The fourth-order valence-electron chi connectivity index (χ4n) is 0.850. The van der Waals surface area contributed by atoms with Crippen LogP contribution in [-0.4, -0.2) is 64.4 Å². The van der Waals surface area contributed by atoms with Gasteiger partial charge in [-0.3, -0.25) is 4.55 Å². The topological polar surface area (TPSA) is 54.4 Å². The van der Waals surface area contributed by atoms with E-state index in [-0.39, 0.29) is 62.0 Å². The molecule has 74 valence electrons. The summed E-state index contributed by atoms with van der Waals surface area (Å²) in [5.41, 5.74) is 0.289. The van der Waals surface area contributed by atoms with E-state index < -0.39 is 15.9 Å². The van der Waals surface area contributed by atoms with Crippen molar-refractivity contribution < 1.29 is 13.0 Å². The normalized spacial score (nSPS) is 10.8. The Kier molecular flexibility index (Phi) is 6.77. The van der Waals surface area contributed by atoms with Crippen LogP contribution < -0.4 is 0 Å². The van der Waals surface area contributed by atoms with Crippen LogP contribution in [0.4, 0.5) is 0 Å². The first-order valence-electron chi connectivity index (χ1n) is 3.27. The second-order valence-corrected chi connectivity index (χ2v) is 4.76. The molecule has 0 atom stereocenters. The van der Waals surface area contributed by atoms with Crippen LogP contribution in [0.1, 0.15) is 5.56 Å². The van der Waals surface area contributed by atoms with E-state index in [1.54, 1.807) is 0 Å². The average Bonchev–Trinajstić information content (AvgIpc) is 1.94. The van der Waals surface area contributed by atoms with Crippen LogP contribution in [-0.2, 0) is 15.9 Å². The Morgan fingerprint density at radius 2 is 1.86 bits per heavy atom. The molecular formula is C7H7Cl2KO3S. The molecule has 0 bridgehead atoms. The molecule has 0 spiro atoms. The number of hydrogen-bond acceptors (Lipinski definition) is 2. The quantitative estimate of drug-likeness (QED) is 0.663. The Labute approximate surface area is 135 Å². The number of halogens is 2. The summed E-state index contributed by atoms with van der Waals surface area (Å²) in [7, 11) is -4.06. The van der Waals surface area contributed by atoms with Gasteiger partial charge in [0.05, 0.1) is 0 Å². The van der Waals surface area contributed by atoms with E-state index in [1.165, 1.54) is 18.2 Å². The van der Waals surface area contributed by atoms with Crippen LogP contribution >= 0.6 is 23.2 Å². The second-order valence-electron chi connectivity index (χ2n) is 2.46. The van der Waals surface area contributed by atoms with Crippen molar-refractivity contribution in [3.05, 3.63) is 33.8 Å². The molecule has 0 heterocycles. The van der Waals surface area contributed by atoms with Crippen molar-refractivity contribution in [2.75, 3.05) is 0 Å². The third kappa shape index (κ3) is 5.44. The molecule has 0 aliphatic rings. The van der Waals surface area contributed by atoms with Gasteiger partial charge < -0.3 is 0 Å². The van der Waals surface area contributed by atoms with E-state index in [1.807, 2.05) is 0 Å². The van der Waals surface area contributed by atoms with Crippen LogP contribution in [0, 0.1) is 0 Å². The Morgan fingerprint density at radius 3 is 2.36 bits per heavy atom. The molecule has 0 saturated heterocycles. The van der Waals surface area contributed by atoms with Gasteiger partial charge in [0.25, 0.3) is 10.1 Å². The molecule has 0 aromatic heterocycles. The molecule has 0 amide bonds. The third-order valence-electron chi connectivity index (χ3n) is 1.35. The maximum atomic E-state index is 10.5. The molecule has 0 unspecified atom stereocenters. The first-order valence-corrected chi connectivity index (χ1v) is 5.64. The Morgan fingerprint density at radius 1 is 1.29 bits per heavy atom. The van der Waals surface area contributed by atoms with Gasteiger partial charge in [-0.2, -0.15) is 8.42 Å². The Hall–Kier alpha value is 1.35. The molecule has 1 aromatic rings. The molecule has 1 aromatic carbocycles. The van der Waals surface area contributed by atoms with E-state index in [0.29, 0.717) is 5.02 Å². The van der Waals surface area contributed by atoms with Crippen molar-refractivity contribution >= 4 is 84.7 Å². The zero-order valence-corrected chi connectivity index (χ0v) is 8.70. The predicted octanol–water partition coefficient (Wildman–Crippen LogP) is 1.73. The first kappa shape index (κ1) is 15.3. The molecule has 3 nitrogen and oxygen atoms in total. The van der Waals surface area contributed by atoms with E-state index in [0.717, 1.165) is 0 Å². The summed E-state index contributed by atoms with van der Waals surface area (Å²) in [4.78, 5) is 0. The molecule has 0 aliphatic carbocycles. The van der Waals surface area contributed by atoms with Crippen molar-refractivity contribution in [3.63, 3.8) is 0 Å². The summed E-state index contributed by atoms with van der Waals surface area (Å²) in [5.74, 6) is -0.521. The van der Waals surface area contributed by atoms with Crippen molar-refractivity contribution in [3.8, 4) is 0 Å². The standard InChI is InChI=1S/C7H6Cl2O3S.K.H/c8-6-1-2-7(9)5(3-6)4-13(10,11)12;;/h1-3H,4H2,(H,10,11,12);;. The van der Waals surface area contributed by atoms with Gasteiger partial charge in [0.2, 0.25) is 0 Å². The fraction of sp³-hybridized carbons (Fsp3) is 0.143. The van der Waals surface area contributed by atoms with Crippen LogP contribution in [0.2, 0.25) is 10.0 Å². The minimum atomic E-state index is -4.06. The number of benzene rings is 1. The van der Waals surface area contributed by atoms with E-state index >= 15 is 0 Å². The first-order chi connectivity index (χ1) is 5.88. The summed E-state index contributed by atoms with van der Waals surface area (Å²) in [6.45, 7) is 0. The van der Waals surface area contributed by atoms with Crippen molar-refractivity contribution in [1.29, 1.82) is 0 Å². The summed E-state index contributed by atoms with van der Waals surface area (Å²) in [6.07, 6.45) is 0. The van der Waals surface area contributed by atoms with Crippen LogP contribution in [0.5, 0.6) is 0 Å². The summed E-state index contributed by atoms with van der Waals surface area (Å²) < 4.78 is 29.6. The number of hydrogen-bond donors (Lipinski definition) is 1. The molecule has 0 radical (unpaired) electrons. The predicted molar refractivity (Wildman–Crippen MR) is 58.9 cm³/mol. The van der Waals surface area contributed by atoms with Crippen LogP contribution in [0.3, 0.4) is 0 Å². The van der Waals surface area contributed by atoms with Crippen LogP contribution in [0.25, 0.3) is 0 Å². The van der Waals surface area contributed by atoms with Gasteiger partial charge in [-0.15, -0.1) is 0 Å². The summed E-state index contributed by atoms with van der Waals surface area (Å²) in [5, 5.41) is 0.644. The van der Waals surface area contributed by atoms with Crippen LogP contribution in [0.15, 0.2) is 18.2 Å². The van der Waals surface area contributed by atoms with Gasteiger partial charge in [0, 0.05) is 10.0 Å². The molecule has 7 heteroatoms. The Balaban J connectivity index is 0.00000169. The van der Waals surface area contributed by atoms with Gasteiger partial charge in [0.1, 0.15) is 5.75 Å². The minimum absolute atomic E-state index is 0. The van der Waals surface area contributed by atoms with Crippen molar-refractivity contribution in [1.82, 2.24) is 0 Å². The molecule has 1 rings (SSSR count). The van der Waals surface area contributed by atoms with E-state index in [2.05, 4.69) is 0 Å². The molecule has 14 heavy (non-hydrogen) atoms. The van der Waals surface area contributed by atoms with Gasteiger partial charge >= 0.3 is 51.4 Å². The second kappa shape index (κ2) is 6.17. The fourth-order valence-corrected chi connectivity index (χ4v) is 1.94. The Bertz CT molecular complexity index is 419. The maximum absolute atomic E-state index is 10.5. The summed E-state index contributed by atoms with van der Waals surface area (Å²) >= 11 is 11.3. The molecule has 0 aliphatic heterocycles. The van der Waals surface area contributed by atoms with E-state index in [9.17, 15) is 8.42 Å². The third-order valence-corrected chi connectivity index (χ3v) is 2.63. The molecular weight excluding hydrogens is 274 g/mol. The van der Waals surface area contributed by atoms with Gasteiger partial charge in [-0.25, -0.2) is 0 Å². The van der Waals surface area contributed by atoms with Crippen molar-refractivity contribution in [2.24, 2.45) is 0 Å². The monoisotopic (exact) mass is 280 g/mol. The zero-order valence-electron chi connectivity index (χ0n) is 6.37. The zero-order chi connectivity index (χ0) is 10.1. The summed E-state index contributed by atoms with van der Waals surface area (Å²) in [6, 6.07) is 4.42. The average molecular weight is 281 g/mol. The van der Waals surface area contributed by atoms with E-state index in [4.69, 9.17) is 27.8 Å². The molecule has 1 N–H and O–H groups in total. The van der Waals surface area contributed by atoms with Gasteiger partial charge in [-0.1, -0.05) is 23.2 Å². The molecule has 0 fully saturated rings. The van der Waals surface area contributed by atoms with Gasteiger partial charge in [-0.05, 0) is 23.8 Å². The van der Waals surface area contributed by atoms with Gasteiger partial charge in [0.15, 0.2) is 0 Å². The number of rotatable bonds is 2. The SMILES string of the molecule is O=S(=O)(O)Cc1cc(Cl)ccc1Cl.[KH]. The molecule has 0 saturated carbocycles.